The van der Waals surface area contributed by atoms with E-state index in [9.17, 15) is 31.9 Å². The van der Waals surface area contributed by atoms with Crippen molar-refractivity contribution >= 4 is 46.7 Å². The molecule has 2 heterocycles. The predicted molar refractivity (Wildman–Crippen MR) is 109 cm³/mol. The van der Waals surface area contributed by atoms with Crippen LogP contribution in [0.5, 0.6) is 0 Å². The summed E-state index contributed by atoms with van der Waals surface area (Å²) in [5, 5.41) is 8.30. The number of benzene rings is 1. The molecule has 1 aliphatic heterocycles. The third kappa shape index (κ3) is 5.48. The minimum absolute atomic E-state index is 0.0585. The second-order valence-electron chi connectivity index (χ2n) is 6.36. The quantitative estimate of drug-likeness (QED) is 0.363. The molecule has 0 saturated carbocycles. The molecule has 1 N–H and O–H groups in total. The highest BCUT2D eigenvalue weighted by molar-refractivity contribution is 8.18. The van der Waals surface area contributed by atoms with Crippen molar-refractivity contribution in [3.05, 3.63) is 46.4 Å². The van der Waals surface area contributed by atoms with Crippen LogP contribution in [0.2, 0.25) is 0 Å². The van der Waals surface area contributed by atoms with Gasteiger partial charge in [0.2, 0.25) is 11.7 Å². The molecule has 1 saturated heterocycles. The Morgan fingerprint density at radius 2 is 1.97 bits per heavy atom. The summed E-state index contributed by atoms with van der Waals surface area (Å²) in [6, 6.07) is 5.79. The lowest BCUT2D eigenvalue weighted by molar-refractivity contribution is -0.147. The number of hydrogen-bond donors (Lipinski definition) is 1. The van der Waals surface area contributed by atoms with Crippen molar-refractivity contribution in [3.8, 4) is 0 Å². The largest absolute Gasteiger partial charge is 0.451 e. The Labute approximate surface area is 187 Å². The van der Waals surface area contributed by atoms with Crippen molar-refractivity contribution in [1.82, 2.24) is 25.0 Å². The van der Waals surface area contributed by atoms with Gasteiger partial charge in [-0.1, -0.05) is 30.0 Å². The predicted octanol–water partition coefficient (Wildman–Crippen LogP) is 2.92. The van der Waals surface area contributed by atoms with Gasteiger partial charge in [-0.05, 0) is 23.9 Å². The second-order valence-corrected chi connectivity index (χ2v) is 8.29. The number of aromatic nitrogens is 3. The van der Waals surface area contributed by atoms with Gasteiger partial charge >= 0.3 is 6.18 Å². The van der Waals surface area contributed by atoms with Crippen LogP contribution in [-0.2, 0) is 22.8 Å². The Bertz CT molecular complexity index is 1090. The van der Waals surface area contributed by atoms with Crippen LogP contribution in [0.4, 0.5) is 22.4 Å². The Morgan fingerprint density at radius 1 is 1.25 bits per heavy atom. The first-order valence-corrected chi connectivity index (χ1v) is 10.7. The summed E-state index contributed by atoms with van der Waals surface area (Å²) in [6.07, 6.45) is -3.37. The van der Waals surface area contributed by atoms with Gasteiger partial charge < -0.3 is 9.88 Å². The molecule has 1 aromatic carbocycles. The van der Waals surface area contributed by atoms with E-state index in [-0.39, 0.29) is 34.5 Å². The molecular weight excluding hydrogens is 474 g/mol. The van der Waals surface area contributed by atoms with Crippen LogP contribution in [0, 0.1) is 5.82 Å². The van der Waals surface area contributed by atoms with E-state index in [1.165, 1.54) is 24.3 Å². The molecule has 1 aromatic heterocycles. The minimum atomic E-state index is -4.66. The van der Waals surface area contributed by atoms with E-state index in [1.54, 1.807) is 6.07 Å². The fraction of sp³-hybridized carbons (Fsp3) is 0.278. The summed E-state index contributed by atoms with van der Waals surface area (Å²) < 4.78 is 52.6. The number of amides is 3. The maximum absolute atomic E-state index is 13.8. The molecule has 0 spiro atoms. The number of nitrogens with one attached hydrogen (secondary N) is 1. The number of hydrogen-bond acceptors (Lipinski definition) is 7. The zero-order valence-corrected chi connectivity index (χ0v) is 18.0. The van der Waals surface area contributed by atoms with Gasteiger partial charge in [-0.15, -0.1) is 10.2 Å². The van der Waals surface area contributed by atoms with Crippen molar-refractivity contribution in [3.63, 3.8) is 0 Å². The molecule has 8 nitrogen and oxygen atoms in total. The van der Waals surface area contributed by atoms with Crippen molar-refractivity contribution < 1.29 is 31.9 Å². The standard InChI is InChI=1S/C18H15F4N5O3S2/c1-26-15(18(20,21)22)24-25-16(26)31-9-13(28)23-6-7-27-14(29)12(32-17(27)30)8-10-4-2-3-5-11(10)19/h2-5,8H,6-7,9H2,1H3,(H,23,28)/b12-8-. The maximum Gasteiger partial charge on any atom is 0.451 e. The summed E-state index contributed by atoms with van der Waals surface area (Å²) in [5.41, 5.74) is 0.167. The summed E-state index contributed by atoms with van der Waals surface area (Å²) in [7, 11) is 1.14. The zero-order chi connectivity index (χ0) is 23.5. The second kappa shape index (κ2) is 9.73. The molecule has 2 aromatic rings. The van der Waals surface area contributed by atoms with Crippen molar-refractivity contribution in [2.45, 2.75) is 11.3 Å². The lowest BCUT2D eigenvalue weighted by atomic mass is 10.2. The maximum atomic E-state index is 13.8. The first-order chi connectivity index (χ1) is 15.1. The van der Waals surface area contributed by atoms with Crippen molar-refractivity contribution in [2.24, 2.45) is 7.05 Å². The fourth-order valence-corrected chi connectivity index (χ4v) is 4.20. The van der Waals surface area contributed by atoms with E-state index in [1.807, 2.05) is 0 Å². The number of halogens is 4. The summed E-state index contributed by atoms with van der Waals surface area (Å²) in [6.45, 7) is -0.172. The molecule has 0 radical (unpaired) electrons. The molecule has 1 fully saturated rings. The van der Waals surface area contributed by atoms with Crippen LogP contribution in [0.3, 0.4) is 0 Å². The SMILES string of the molecule is Cn1c(SCC(=O)NCCN2C(=O)S/C(=C\c3ccccc3F)C2=O)nnc1C(F)(F)F. The molecule has 3 rings (SSSR count). The average Bonchev–Trinajstić information content (AvgIpc) is 3.22. The minimum Gasteiger partial charge on any atom is -0.354 e. The molecule has 0 unspecified atom stereocenters. The molecule has 0 atom stereocenters. The topological polar surface area (TPSA) is 97.2 Å². The average molecular weight is 489 g/mol. The first-order valence-electron chi connectivity index (χ1n) is 8.94. The van der Waals surface area contributed by atoms with Gasteiger partial charge in [-0.3, -0.25) is 19.3 Å². The van der Waals surface area contributed by atoms with E-state index in [4.69, 9.17) is 0 Å². The molecule has 14 heteroatoms. The molecule has 170 valence electrons. The van der Waals surface area contributed by atoms with Crippen molar-refractivity contribution in [2.75, 3.05) is 18.8 Å². The van der Waals surface area contributed by atoms with Gasteiger partial charge in [0.05, 0.1) is 10.7 Å². The van der Waals surface area contributed by atoms with Crippen LogP contribution in [0.15, 0.2) is 34.3 Å². The highest BCUT2D eigenvalue weighted by Crippen LogP contribution is 2.32. The Morgan fingerprint density at radius 3 is 2.62 bits per heavy atom. The summed E-state index contributed by atoms with van der Waals surface area (Å²) in [4.78, 5) is 37.4. The Kier molecular flexibility index (Phi) is 7.23. The van der Waals surface area contributed by atoms with E-state index < -0.39 is 34.9 Å². The molecule has 3 amide bonds. The number of alkyl halides is 3. The number of carbonyl (C=O) groups excluding carboxylic acids is 3. The summed E-state index contributed by atoms with van der Waals surface area (Å²) >= 11 is 1.42. The molecular formula is C18H15F4N5O3S2. The van der Waals surface area contributed by atoms with Gasteiger partial charge in [0, 0.05) is 25.7 Å². The molecule has 1 aliphatic rings. The van der Waals surface area contributed by atoms with E-state index in [0.717, 1.165) is 28.3 Å². The van der Waals surface area contributed by atoms with E-state index in [2.05, 4.69) is 15.5 Å². The third-order valence-electron chi connectivity index (χ3n) is 4.14. The van der Waals surface area contributed by atoms with Crippen molar-refractivity contribution in [1.29, 1.82) is 0 Å². The highest BCUT2D eigenvalue weighted by atomic mass is 32.2. The third-order valence-corrected chi connectivity index (χ3v) is 6.07. The van der Waals surface area contributed by atoms with E-state index >= 15 is 0 Å². The molecule has 0 bridgehead atoms. The van der Waals surface area contributed by atoms with Crippen LogP contribution in [-0.4, -0.2) is 55.6 Å². The molecule has 0 aliphatic carbocycles. The fourth-order valence-electron chi connectivity index (χ4n) is 2.60. The van der Waals surface area contributed by atoms with E-state index in [0.29, 0.717) is 11.8 Å². The van der Waals surface area contributed by atoms with Crippen LogP contribution in [0.25, 0.3) is 6.08 Å². The normalized spacial score (nSPS) is 15.7. The first kappa shape index (κ1) is 23.8. The smallest absolute Gasteiger partial charge is 0.354 e. The number of imide groups is 1. The van der Waals surface area contributed by atoms with Crippen LogP contribution >= 0.6 is 23.5 Å². The lowest BCUT2D eigenvalue weighted by Gasteiger charge is -2.13. The number of rotatable bonds is 7. The highest BCUT2D eigenvalue weighted by Gasteiger charge is 2.37. The lowest BCUT2D eigenvalue weighted by Crippen LogP contribution is -2.37. The monoisotopic (exact) mass is 489 g/mol. The van der Waals surface area contributed by atoms with Gasteiger partial charge in [0.25, 0.3) is 11.1 Å². The number of thioether (sulfide) groups is 2. The molecule has 32 heavy (non-hydrogen) atoms. The van der Waals surface area contributed by atoms with Gasteiger partial charge in [0.1, 0.15) is 5.82 Å². The number of nitrogens with zero attached hydrogens (tertiary/aromatic N) is 4. The van der Waals surface area contributed by atoms with Gasteiger partial charge in [-0.25, -0.2) is 4.39 Å². The van der Waals surface area contributed by atoms with Gasteiger partial charge in [-0.2, -0.15) is 13.2 Å². The summed E-state index contributed by atoms with van der Waals surface area (Å²) in [5.74, 6) is -3.08. The van der Waals surface area contributed by atoms with Crippen LogP contribution < -0.4 is 5.32 Å². The number of carbonyl (C=O) groups is 3. The Hall–Kier alpha value is -2.87. The van der Waals surface area contributed by atoms with Crippen LogP contribution in [0.1, 0.15) is 11.4 Å². The Balaban J connectivity index is 1.49. The van der Waals surface area contributed by atoms with Gasteiger partial charge in [0.15, 0.2) is 5.16 Å². The zero-order valence-electron chi connectivity index (χ0n) is 16.4.